The number of nitriles is 1. The van der Waals surface area contributed by atoms with Gasteiger partial charge >= 0.3 is 5.97 Å². The SMILES string of the molecule is CCOC(=O)COc1c(Cl)cc(/C=C(/C#N)C(=O)Nc2cccc(Cl)c2Cl)cc1OC. The van der Waals surface area contributed by atoms with Gasteiger partial charge in [-0.25, -0.2) is 4.79 Å². The molecule has 0 aliphatic heterocycles. The van der Waals surface area contributed by atoms with Gasteiger partial charge in [0.1, 0.15) is 11.6 Å². The molecule has 0 spiro atoms. The maximum absolute atomic E-state index is 12.5. The van der Waals surface area contributed by atoms with Crippen molar-refractivity contribution in [3.8, 4) is 17.6 Å². The number of nitrogens with one attached hydrogen (secondary N) is 1. The van der Waals surface area contributed by atoms with E-state index >= 15 is 0 Å². The zero-order chi connectivity index (χ0) is 23.0. The third-order valence-corrected chi connectivity index (χ3v) is 4.87. The number of amides is 1. The topological polar surface area (TPSA) is 97.7 Å². The quantitative estimate of drug-likeness (QED) is 0.317. The third-order valence-electron chi connectivity index (χ3n) is 3.77. The van der Waals surface area contributed by atoms with Crippen LogP contribution in [0.3, 0.4) is 0 Å². The molecule has 1 N–H and O–H groups in total. The van der Waals surface area contributed by atoms with Gasteiger partial charge in [-0.1, -0.05) is 40.9 Å². The number of rotatable bonds is 8. The van der Waals surface area contributed by atoms with Crippen molar-refractivity contribution in [3.05, 3.63) is 56.5 Å². The van der Waals surface area contributed by atoms with E-state index < -0.39 is 11.9 Å². The van der Waals surface area contributed by atoms with Gasteiger partial charge in [0, 0.05) is 0 Å². The molecule has 0 unspecified atom stereocenters. The highest BCUT2D eigenvalue weighted by atomic mass is 35.5. The van der Waals surface area contributed by atoms with Crippen LogP contribution in [-0.2, 0) is 14.3 Å². The Bertz CT molecular complexity index is 1060. The number of anilines is 1. The summed E-state index contributed by atoms with van der Waals surface area (Å²) in [4.78, 5) is 24.0. The summed E-state index contributed by atoms with van der Waals surface area (Å²) in [7, 11) is 1.38. The highest BCUT2D eigenvalue weighted by Gasteiger charge is 2.16. The Morgan fingerprint density at radius 3 is 2.58 bits per heavy atom. The lowest BCUT2D eigenvalue weighted by Gasteiger charge is -2.13. The van der Waals surface area contributed by atoms with Crippen LogP contribution in [0.4, 0.5) is 5.69 Å². The predicted octanol–water partition coefficient (Wildman–Crippen LogP) is 5.14. The Morgan fingerprint density at radius 1 is 1.19 bits per heavy atom. The van der Waals surface area contributed by atoms with Crippen molar-refractivity contribution in [2.45, 2.75) is 6.92 Å². The number of nitrogens with zero attached hydrogens (tertiary/aromatic N) is 1. The van der Waals surface area contributed by atoms with E-state index in [0.29, 0.717) is 5.56 Å². The summed E-state index contributed by atoms with van der Waals surface area (Å²) in [5.74, 6) is -0.918. The number of carbonyl (C=O) groups excluding carboxylic acids is 2. The van der Waals surface area contributed by atoms with Crippen LogP contribution in [0.2, 0.25) is 15.1 Å². The lowest BCUT2D eigenvalue weighted by Crippen LogP contribution is -2.15. The predicted molar refractivity (Wildman–Crippen MR) is 119 cm³/mol. The summed E-state index contributed by atoms with van der Waals surface area (Å²) in [6.07, 6.45) is 1.32. The van der Waals surface area contributed by atoms with Crippen LogP contribution < -0.4 is 14.8 Å². The molecule has 0 atom stereocenters. The summed E-state index contributed by atoms with van der Waals surface area (Å²) in [5.41, 5.74) is 0.447. The second kappa shape index (κ2) is 11.5. The van der Waals surface area contributed by atoms with E-state index in [1.165, 1.54) is 25.3 Å². The summed E-state index contributed by atoms with van der Waals surface area (Å²) in [6.45, 7) is 1.54. The number of methoxy groups -OCH3 is 1. The van der Waals surface area contributed by atoms with Crippen LogP contribution in [-0.4, -0.2) is 32.2 Å². The van der Waals surface area contributed by atoms with Crippen LogP contribution in [0.25, 0.3) is 6.08 Å². The molecule has 0 bridgehead atoms. The normalized spacial score (nSPS) is 10.8. The molecule has 162 valence electrons. The fourth-order valence-corrected chi connectivity index (χ4v) is 3.02. The van der Waals surface area contributed by atoms with E-state index in [0.717, 1.165) is 0 Å². The summed E-state index contributed by atoms with van der Waals surface area (Å²) in [6, 6.07) is 9.52. The molecule has 0 aliphatic rings. The van der Waals surface area contributed by atoms with Crippen molar-refractivity contribution in [1.29, 1.82) is 5.26 Å². The summed E-state index contributed by atoms with van der Waals surface area (Å²) in [5, 5.41) is 12.5. The van der Waals surface area contributed by atoms with E-state index in [9.17, 15) is 14.9 Å². The number of benzene rings is 2. The minimum absolute atomic E-state index is 0.116. The van der Waals surface area contributed by atoms with Gasteiger partial charge in [0.15, 0.2) is 18.1 Å². The molecule has 0 radical (unpaired) electrons. The Kier molecular flexibility index (Phi) is 9.01. The summed E-state index contributed by atoms with van der Waals surface area (Å²) >= 11 is 18.2. The molecule has 2 rings (SSSR count). The summed E-state index contributed by atoms with van der Waals surface area (Å²) < 4.78 is 15.4. The molecule has 0 aromatic heterocycles. The molecule has 2 aromatic carbocycles. The minimum atomic E-state index is -0.690. The van der Waals surface area contributed by atoms with E-state index in [-0.39, 0.29) is 51.0 Å². The van der Waals surface area contributed by atoms with E-state index in [4.69, 9.17) is 49.0 Å². The minimum Gasteiger partial charge on any atom is -0.493 e. The standard InChI is InChI=1S/C21H17Cl3N2O5/c1-3-30-18(27)11-31-20-15(23)8-12(9-17(20)29-2)7-13(10-25)21(28)26-16-6-4-5-14(22)19(16)24/h4-9H,3,11H2,1-2H3,(H,26,28)/b13-7-. The highest BCUT2D eigenvalue weighted by molar-refractivity contribution is 6.44. The van der Waals surface area contributed by atoms with Gasteiger partial charge in [-0.2, -0.15) is 5.26 Å². The molecule has 0 heterocycles. The van der Waals surface area contributed by atoms with Crippen LogP contribution >= 0.6 is 34.8 Å². The molecular weight excluding hydrogens is 467 g/mol. The van der Waals surface area contributed by atoms with Gasteiger partial charge in [0.2, 0.25) is 0 Å². The van der Waals surface area contributed by atoms with Gasteiger partial charge in [0.25, 0.3) is 5.91 Å². The van der Waals surface area contributed by atoms with Gasteiger partial charge in [-0.15, -0.1) is 0 Å². The van der Waals surface area contributed by atoms with E-state index in [1.54, 1.807) is 25.1 Å². The van der Waals surface area contributed by atoms with Crippen LogP contribution in [0.1, 0.15) is 12.5 Å². The molecule has 1 amide bonds. The maximum atomic E-state index is 12.5. The monoisotopic (exact) mass is 482 g/mol. The van der Waals surface area contributed by atoms with Crippen LogP contribution in [0.15, 0.2) is 35.9 Å². The smallest absolute Gasteiger partial charge is 0.344 e. The van der Waals surface area contributed by atoms with Crippen molar-refractivity contribution in [2.75, 3.05) is 25.6 Å². The lowest BCUT2D eigenvalue weighted by atomic mass is 10.1. The first-order valence-corrected chi connectivity index (χ1v) is 9.97. The number of esters is 1. The Labute approximate surface area is 194 Å². The number of ether oxygens (including phenoxy) is 3. The van der Waals surface area contributed by atoms with Gasteiger partial charge in [-0.3, -0.25) is 4.79 Å². The second-order valence-corrected chi connectivity index (χ2v) is 7.05. The van der Waals surface area contributed by atoms with Gasteiger partial charge in [0.05, 0.1) is 34.5 Å². The molecular formula is C21H17Cl3N2O5. The highest BCUT2D eigenvalue weighted by Crippen LogP contribution is 2.37. The van der Waals surface area contributed by atoms with Crippen molar-refractivity contribution < 1.29 is 23.8 Å². The lowest BCUT2D eigenvalue weighted by molar-refractivity contribution is -0.145. The molecule has 0 fully saturated rings. The maximum Gasteiger partial charge on any atom is 0.344 e. The average Bonchev–Trinajstić information content (AvgIpc) is 2.74. The van der Waals surface area contributed by atoms with Crippen molar-refractivity contribution in [1.82, 2.24) is 0 Å². The molecule has 0 saturated heterocycles. The van der Waals surface area contributed by atoms with E-state index in [2.05, 4.69) is 5.32 Å². The van der Waals surface area contributed by atoms with Crippen molar-refractivity contribution in [3.63, 3.8) is 0 Å². The zero-order valence-electron chi connectivity index (χ0n) is 16.5. The molecule has 10 heteroatoms. The molecule has 2 aromatic rings. The van der Waals surface area contributed by atoms with Gasteiger partial charge in [-0.05, 0) is 42.8 Å². The number of hydrogen-bond acceptors (Lipinski definition) is 6. The largest absolute Gasteiger partial charge is 0.493 e. The first kappa shape index (κ1) is 24.4. The molecule has 31 heavy (non-hydrogen) atoms. The Balaban J connectivity index is 2.28. The fourth-order valence-electron chi connectivity index (χ4n) is 2.40. The third kappa shape index (κ3) is 6.53. The Morgan fingerprint density at radius 2 is 1.94 bits per heavy atom. The average molecular weight is 484 g/mol. The first-order chi connectivity index (χ1) is 14.8. The van der Waals surface area contributed by atoms with Crippen LogP contribution in [0, 0.1) is 11.3 Å². The number of carbonyl (C=O) groups is 2. The van der Waals surface area contributed by atoms with Crippen molar-refractivity contribution in [2.24, 2.45) is 0 Å². The van der Waals surface area contributed by atoms with Crippen molar-refractivity contribution >= 4 is 58.4 Å². The first-order valence-electron chi connectivity index (χ1n) is 8.83. The number of hydrogen-bond donors (Lipinski definition) is 1. The van der Waals surface area contributed by atoms with E-state index in [1.807, 2.05) is 6.07 Å². The molecule has 7 nitrogen and oxygen atoms in total. The zero-order valence-corrected chi connectivity index (χ0v) is 18.8. The van der Waals surface area contributed by atoms with Crippen LogP contribution in [0.5, 0.6) is 11.5 Å². The molecule has 0 aliphatic carbocycles. The van der Waals surface area contributed by atoms with Gasteiger partial charge < -0.3 is 19.5 Å². The second-order valence-electron chi connectivity index (χ2n) is 5.85. The molecule has 0 saturated carbocycles. The Hall–Kier alpha value is -2.92. The number of halogens is 3. The fraction of sp³-hybridized carbons (Fsp3) is 0.190.